The molecule has 1 unspecified atom stereocenters. The molecule has 5 heteroatoms. The zero-order chi connectivity index (χ0) is 15.4. The van der Waals surface area contributed by atoms with E-state index in [4.69, 9.17) is 4.74 Å². The van der Waals surface area contributed by atoms with Gasteiger partial charge in [0, 0.05) is 31.0 Å². The van der Waals surface area contributed by atoms with Gasteiger partial charge in [0.25, 0.3) is 0 Å². The standard InChI is InChI=1S/C17H28N4O/c1-13(2)21-9-5-14(6-10-21)16-17(19-8-7-18-16)20-15-4-3-11-22-12-15/h7-8,13-15H,3-6,9-12H2,1-2H3,(H,19,20). The van der Waals surface area contributed by atoms with Crippen molar-refractivity contribution < 1.29 is 4.74 Å². The summed E-state index contributed by atoms with van der Waals surface area (Å²) >= 11 is 0. The van der Waals surface area contributed by atoms with E-state index in [1.807, 2.05) is 6.20 Å². The molecule has 0 aromatic carbocycles. The van der Waals surface area contributed by atoms with E-state index < -0.39 is 0 Å². The van der Waals surface area contributed by atoms with Gasteiger partial charge >= 0.3 is 0 Å². The maximum Gasteiger partial charge on any atom is 0.148 e. The van der Waals surface area contributed by atoms with Crippen molar-refractivity contribution in [3.05, 3.63) is 18.1 Å². The van der Waals surface area contributed by atoms with Crippen LogP contribution in [0.2, 0.25) is 0 Å². The Morgan fingerprint density at radius 2 is 1.95 bits per heavy atom. The van der Waals surface area contributed by atoms with Crippen LogP contribution in [0.4, 0.5) is 5.82 Å². The van der Waals surface area contributed by atoms with Crippen LogP contribution in [0.3, 0.4) is 0 Å². The number of rotatable bonds is 4. The fourth-order valence-electron chi connectivity index (χ4n) is 3.50. The summed E-state index contributed by atoms with van der Waals surface area (Å²) in [4.78, 5) is 11.8. The molecule has 22 heavy (non-hydrogen) atoms. The molecule has 2 aliphatic heterocycles. The van der Waals surface area contributed by atoms with Crippen LogP contribution in [0.1, 0.15) is 51.1 Å². The van der Waals surface area contributed by atoms with Crippen molar-refractivity contribution in [2.24, 2.45) is 0 Å². The molecule has 0 spiro atoms. The highest BCUT2D eigenvalue weighted by molar-refractivity contribution is 5.42. The molecule has 122 valence electrons. The summed E-state index contributed by atoms with van der Waals surface area (Å²) in [7, 11) is 0. The number of anilines is 1. The number of hydrogen-bond donors (Lipinski definition) is 1. The average molecular weight is 304 g/mol. The second-order valence-corrected chi connectivity index (χ2v) is 6.75. The van der Waals surface area contributed by atoms with E-state index >= 15 is 0 Å². The summed E-state index contributed by atoms with van der Waals surface area (Å²) in [5, 5.41) is 3.57. The molecule has 1 aromatic heterocycles. The molecule has 0 aliphatic carbocycles. The third kappa shape index (κ3) is 3.76. The summed E-state index contributed by atoms with van der Waals surface area (Å²) in [6, 6.07) is 1.01. The molecule has 3 heterocycles. The van der Waals surface area contributed by atoms with E-state index in [0.717, 1.165) is 50.7 Å². The van der Waals surface area contributed by atoms with Crippen LogP contribution in [0.5, 0.6) is 0 Å². The van der Waals surface area contributed by atoms with Crippen molar-refractivity contribution in [3.8, 4) is 0 Å². The molecule has 2 saturated heterocycles. The molecule has 2 aliphatic rings. The van der Waals surface area contributed by atoms with E-state index in [2.05, 4.69) is 34.0 Å². The number of piperidine rings is 1. The maximum atomic E-state index is 5.56. The lowest BCUT2D eigenvalue weighted by atomic mass is 9.92. The smallest absolute Gasteiger partial charge is 0.148 e. The minimum atomic E-state index is 0.375. The van der Waals surface area contributed by atoms with Crippen LogP contribution in [-0.2, 0) is 4.74 Å². The lowest BCUT2D eigenvalue weighted by Crippen LogP contribution is -2.38. The van der Waals surface area contributed by atoms with Gasteiger partial charge < -0.3 is 15.0 Å². The first-order valence-corrected chi connectivity index (χ1v) is 8.63. The predicted octanol–water partition coefficient (Wildman–Crippen LogP) is 2.66. The molecule has 1 atom stereocenters. The molecule has 3 rings (SSSR count). The summed E-state index contributed by atoms with van der Waals surface area (Å²) in [5.41, 5.74) is 1.15. The fourth-order valence-corrected chi connectivity index (χ4v) is 3.50. The van der Waals surface area contributed by atoms with Crippen molar-refractivity contribution in [2.75, 3.05) is 31.6 Å². The van der Waals surface area contributed by atoms with Gasteiger partial charge in [-0.3, -0.25) is 4.98 Å². The van der Waals surface area contributed by atoms with Crippen molar-refractivity contribution in [3.63, 3.8) is 0 Å². The maximum absolute atomic E-state index is 5.56. The van der Waals surface area contributed by atoms with Crippen molar-refractivity contribution in [2.45, 2.75) is 57.5 Å². The number of nitrogens with zero attached hydrogens (tertiary/aromatic N) is 3. The molecular formula is C17H28N4O. The van der Waals surface area contributed by atoms with Gasteiger partial charge in [-0.05, 0) is 52.6 Å². The van der Waals surface area contributed by atoms with Crippen molar-refractivity contribution in [1.82, 2.24) is 14.9 Å². The van der Waals surface area contributed by atoms with Crippen LogP contribution < -0.4 is 5.32 Å². The Morgan fingerprint density at radius 1 is 1.18 bits per heavy atom. The van der Waals surface area contributed by atoms with Crippen LogP contribution in [0.25, 0.3) is 0 Å². The van der Waals surface area contributed by atoms with E-state index in [-0.39, 0.29) is 0 Å². The monoisotopic (exact) mass is 304 g/mol. The Kier molecular flexibility index (Phi) is 5.26. The Labute approximate surface area is 133 Å². The van der Waals surface area contributed by atoms with Crippen LogP contribution in [0.15, 0.2) is 12.4 Å². The Morgan fingerprint density at radius 3 is 2.64 bits per heavy atom. The Hall–Kier alpha value is -1.20. The quantitative estimate of drug-likeness (QED) is 0.927. The molecular weight excluding hydrogens is 276 g/mol. The summed E-state index contributed by atoms with van der Waals surface area (Å²) < 4.78 is 5.56. The summed E-state index contributed by atoms with van der Waals surface area (Å²) in [5.74, 6) is 1.50. The highest BCUT2D eigenvalue weighted by atomic mass is 16.5. The van der Waals surface area contributed by atoms with Gasteiger partial charge in [-0.25, -0.2) is 4.98 Å². The number of nitrogens with one attached hydrogen (secondary N) is 1. The number of likely N-dealkylation sites (tertiary alicyclic amines) is 1. The summed E-state index contributed by atoms with van der Waals surface area (Å²) in [6.07, 6.45) is 8.24. The Bertz CT molecular complexity index is 465. The normalized spacial score (nSPS) is 24.6. The van der Waals surface area contributed by atoms with E-state index in [1.54, 1.807) is 6.20 Å². The largest absolute Gasteiger partial charge is 0.379 e. The minimum absolute atomic E-state index is 0.375. The predicted molar refractivity (Wildman–Crippen MR) is 88.2 cm³/mol. The first-order chi connectivity index (χ1) is 10.7. The lowest BCUT2D eigenvalue weighted by molar-refractivity contribution is 0.0874. The molecule has 1 N–H and O–H groups in total. The molecule has 0 amide bonds. The first-order valence-electron chi connectivity index (χ1n) is 8.63. The topological polar surface area (TPSA) is 50.3 Å². The van der Waals surface area contributed by atoms with Gasteiger partial charge in [-0.2, -0.15) is 0 Å². The van der Waals surface area contributed by atoms with Crippen LogP contribution in [-0.4, -0.2) is 53.3 Å². The minimum Gasteiger partial charge on any atom is -0.379 e. The zero-order valence-electron chi connectivity index (χ0n) is 13.8. The number of hydrogen-bond acceptors (Lipinski definition) is 5. The molecule has 0 saturated carbocycles. The lowest BCUT2D eigenvalue weighted by Gasteiger charge is -2.35. The Balaban J connectivity index is 1.66. The molecule has 5 nitrogen and oxygen atoms in total. The number of ether oxygens (including phenoxy) is 1. The SMILES string of the molecule is CC(C)N1CCC(c2nccnc2NC2CCCOC2)CC1. The molecule has 1 aromatic rings. The van der Waals surface area contributed by atoms with Crippen molar-refractivity contribution >= 4 is 5.82 Å². The van der Waals surface area contributed by atoms with Gasteiger partial charge in [0.15, 0.2) is 0 Å². The number of aromatic nitrogens is 2. The van der Waals surface area contributed by atoms with Gasteiger partial charge in [-0.1, -0.05) is 0 Å². The van der Waals surface area contributed by atoms with Crippen LogP contribution in [0, 0.1) is 0 Å². The van der Waals surface area contributed by atoms with E-state index in [1.165, 1.54) is 12.8 Å². The van der Waals surface area contributed by atoms with Gasteiger partial charge in [0.2, 0.25) is 0 Å². The van der Waals surface area contributed by atoms with Gasteiger partial charge in [0.05, 0.1) is 18.3 Å². The van der Waals surface area contributed by atoms with Gasteiger partial charge in [-0.15, -0.1) is 0 Å². The van der Waals surface area contributed by atoms with E-state index in [0.29, 0.717) is 18.0 Å². The third-order valence-electron chi connectivity index (χ3n) is 4.87. The first kappa shape index (κ1) is 15.7. The molecule has 2 fully saturated rings. The third-order valence-corrected chi connectivity index (χ3v) is 4.87. The second-order valence-electron chi connectivity index (χ2n) is 6.75. The van der Waals surface area contributed by atoms with Crippen molar-refractivity contribution in [1.29, 1.82) is 0 Å². The molecule has 0 radical (unpaired) electrons. The summed E-state index contributed by atoms with van der Waals surface area (Å²) in [6.45, 7) is 8.54. The second kappa shape index (κ2) is 7.38. The zero-order valence-corrected chi connectivity index (χ0v) is 13.8. The van der Waals surface area contributed by atoms with Crippen LogP contribution >= 0.6 is 0 Å². The average Bonchev–Trinajstić information content (AvgIpc) is 2.56. The fraction of sp³-hybridized carbons (Fsp3) is 0.765. The van der Waals surface area contributed by atoms with Gasteiger partial charge in [0.1, 0.15) is 5.82 Å². The molecule has 0 bridgehead atoms. The highest BCUT2D eigenvalue weighted by Gasteiger charge is 2.26. The highest BCUT2D eigenvalue weighted by Crippen LogP contribution is 2.31. The van der Waals surface area contributed by atoms with E-state index in [9.17, 15) is 0 Å².